The molecule has 0 aliphatic heterocycles. The second kappa shape index (κ2) is 5.47. The van der Waals surface area contributed by atoms with Crippen molar-refractivity contribution in [1.29, 1.82) is 0 Å². The molecule has 0 aromatic rings. The van der Waals surface area contributed by atoms with Crippen LogP contribution in [-0.4, -0.2) is 38.2 Å². The van der Waals surface area contributed by atoms with Crippen LogP contribution in [0, 0.1) is 0 Å². The lowest BCUT2D eigenvalue weighted by Gasteiger charge is -2.14. The number of ether oxygens (including phenoxy) is 2. The Labute approximate surface area is 72.4 Å². The number of rotatable bonds is 6. The lowest BCUT2D eigenvalue weighted by Crippen LogP contribution is -2.26. The Balaban J connectivity index is 3.95. The predicted molar refractivity (Wildman–Crippen MR) is 43.5 cm³/mol. The van der Waals surface area contributed by atoms with E-state index < -0.39 is 22.2 Å². The molecule has 0 unspecified atom stereocenters. The molecular formula is C6H14O5S. The van der Waals surface area contributed by atoms with Crippen LogP contribution >= 0.6 is 0 Å². The Morgan fingerprint density at radius 2 is 1.67 bits per heavy atom. The predicted octanol–water partition coefficient (Wildman–Crippen LogP) is 0.273. The first-order valence-electron chi connectivity index (χ1n) is 3.68. The molecule has 0 aromatic heterocycles. The number of hydrogen-bond donors (Lipinski definition) is 1. The van der Waals surface area contributed by atoms with Crippen molar-refractivity contribution in [2.45, 2.75) is 20.1 Å². The van der Waals surface area contributed by atoms with Gasteiger partial charge in [0.2, 0.25) is 0 Å². The van der Waals surface area contributed by atoms with E-state index in [1.807, 2.05) is 0 Å². The molecule has 0 radical (unpaired) electrons. The van der Waals surface area contributed by atoms with Gasteiger partial charge in [0.25, 0.3) is 10.1 Å². The minimum Gasteiger partial charge on any atom is -0.352 e. The topological polar surface area (TPSA) is 72.8 Å². The Morgan fingerprint density at radius 1 is 1.25 bits per heavy atom. The second-order valence-electron chi connectivity index (χ2n) is 2.09. The van der Waals surface area contributed by atoms with Crippen molar-refractivity contribution in [2.24, 2.45) is 0 Å². The maximum absolute atomic E-state index is 10.4. The van der Waals surface area contributed by atoms with Gasteiger partial charge in [-0.05, 0) is 13.8 Å². The van der Waals surface area contributed by atoms with Crippen molar-refractivity contribution in [3.05, 3.63) is 0 Å². The summed E-state index contributed by atoms with van der Waals surface area (Å²) in [6.07, 6.45) is -0.866. The molecule has 0 heterocycles. The molecule has 0 fully saturated rings. The molecule has 0 aliphatic rings. The first kappa shape index (κ1) is 11.8. The van der Waals surface area contributed by atoms with Crippen LogP contribution in [0.1, 0.15) is 13.8 Å². The number of hydrogen-bond acceptors (Lipinski definition) is 4. The molecule has 0 aliphatic carbocycles. The van der Waals surface area contributed by atoms with E-state index in [1.165, 1.54) is 0 Å². The molecule has 1 N–H and O–H groups in total. The highest BCUT2D eigenvalue weighted by molar-refractivity contribution is 7.85. The van der Waals surface area contributed by atoms with Gasteiger partial charge in [0, 0.05) is 13.2 Å². The average molecular weight is 198 g/mol. The van der Waals surface area contributed by atoms with E-state index in [2.05, 4.69) is 0 Å². The summed E-state index contributed by atoms with van der Waals surface area (Å²) in [6.45, 7) is 4.13. The smallest absolute Gasteiger partial charge is 0.269 e. The summed E-state index contributed by atoms with van der Waals surface area (Å²) >= 11 is 0. The molecule has 0 atom stereocenters. The van der Waals surface area contributed by atoms with Crippen LogP contribution in [0.2, 0.25) is 0 Å². The zero-order chi connectivity index (χ0) is 9.61. The van der Waals surface area contributed by atoms with Gasteiger partial charge in [0.15, 0.2) is 6.29 Å². The van der Waals surface area contributed by atoms with Crippen molar-refractivity contribution in [2.75, 3.05) is 19.0 Å². The standard InChI is InChI=1S/C6H14O5S/c1-3-10-6(11-4-2)5-12(7,8)9/h6H,3-5H2,1-2H3,(H,7,8,9). The lowest BCUT2D eigenvalue weighted by molar-refractivity contribution is -0.121. The molecule has 74 valence electrons. The van der Waals surface area contributed by atoms with Gasteiger partial charge in [-0.2, -0.15) is 8.42 Å². The third-order valence-electron chi connectivity index (χ3n) is 1.05. The Kier molecular flexibility index (Phi) is 5.39. The molecule has 0 spiro atoms. The van der Waals surface area contributed by atoms with E-state index in [4.69, 9.17) is 14.0 Å². The molecule has 0 bridgehead atoms. The van der Waals surface area contributed by atoms with Gasteiger partial charge in [0.05, 0.1) is 0 Å². The fraction of sp³-hybridized carbons (Fsp3) is 1.00. The van der Waals surface area contributed by atoms with Crippen LogP contribution < -0.4 is 0 Å². The third kappa shape index (κ3) is 6.53. The SMILES string of the molecule is CCOC(CS(=O)(=O)O)OCC. The van der Waals surface area contributed by atoms with Crippen molar-refractivity contribution >= 4 is 10.1 Å². The summed E-state index contributed by atoms with van der Waals surface area (Å²) in [5, 5.41) is 0. The zero-order valence-electron chi connectivity index (χ0n) is 7.19. The lowest BCUT2D eigenvalue weighted by atomic mass is 10.7. The quantitative estimate of drug-likeness (QED) is 0.490. The van der Waals surface area contributed by atoms with E-state index in [1.54, 1.807) is 13.8 Å². The first-order valence-corrected chi connectivity index (χ1v) is 5.28. The van der Waals surface area contributed by atoms with Crippen LogP contribution in [0.15, 0.2) is 0 Å². The largest absolute Gasteiger partial charge is 0.352 e. The maximum Gasteiger partial charge on any atom is 0.269 e. The fourth-order valence-electron chi connectivity index (χ4n) is 0.688. The molecule has 12 heavy (non-hydrogen) atoms. The van der Waals surface area contributed by atoms with Gasteiger partial charge in [0.1, 0.15) is 5.75 Å². The Morgan fingerprint density at radius 3 is 1.92 bits per heavy atom. The van der Waals surface area contributed by atoms with Crippen LogP contribution in [-0.2, 0) is 19.6 Å². The molecule has 0 rings (SSSR count). The summed E-state index contributed by atoms with van der Waals surface area (Å²) in [7, 11) is -4.02. The highest BCUT2D eigenvalue weighted by Gasteiger charge is 2.16. The zero-order valence-corrected chi connectivity index (χ0v) is 8.00. The molecule has 0 aromatic carbocycles. The third-order valence-corrected chi connectivity index (χ3v) is 1.75. The van der Waals surface area contributed by atoms with Crippen molar-refractivity contribution in [3.63, 3.8) is 0 Å². The van der Waals surface area contributed by atoms with Gasteiger partial charge in [-0.1, -0.05) is 0 Å². The Hall–Kier alpha value is -0.170. The van der Waals surface area contributed by atoms with Crippen LogP contribution in [0.4, 0.5) is 0 Å². The first-order chi connectivity index (χ1) is 5.49. The minimum absolute atomic E-state index is 0.347. The summed E-state index contributed by atoms with van der Waals surface area (Å²) in [5.74, 6) is -0.519. The van der Waals surface area contributed by atoms with Crippen molar-refractivity contribution in [1.82, 2.24) is 0 Å². The van der Waals surface area contributed by atoms with E-state index in [0.29, 0.717) is 13.2 Å². The van der Waals surface area contributed by atoms with Gasteiger partial charge in [-0.3, -0.25) is 4.55 Å². The van der Waals surface area contributed by atoms with Gasteiger partial charge >= 0.3 is 0 Å². The highest BCUT2D eigenvalue weighted by atomic mass is 32.2. The van der Waals surface area contributed by atoms with Crippen LogP contribution in [0.3, 0.4) is 0 Å². The molecule has 0 amide bonds. The highest BCUT2D eigenvalue weighted by Crippen LogP contribution is 1.98. The molecule has 0 saturated heterocycles. The van der Waals surface area contributed by atoms with E-state index >= 15 is 0 Å². The van der Waals surface area contributed by atoms with Crippen molar-refractivity contribution < 1.29 is 22.4 Å². The fourth-order valence-corrected chi connectivity index (χ4v) is 1.22. The summed E-state index contributed by atoms with van der Waals surface area (Å²) in [6, 6.07) is 0. The summed E-state index contributed by atoms with van der Waals surface area (Å²) in [5.41, 5.74) is 0. The van der Waals surface area contributed by atoms with Gasteiger partial charge < -0.3 is 9.47 Å². The minimum atomic E-state index is -4.02. The van der Waals surface area contributed by atoms with Crippen LogP contribution in [0.25, 0.3) is 0 Å². The summed E-state index contributed by atoms with van der Waals surface area (Å²) in [4.78, 5) is 0. The molecule has 0 saturated carbocycles. The monoisotopic (exact) mass is 198 g/mol. The van der Waals surface area contributed by atoms with Crippen LogP contribution in [0.5, 0.6) is 0 Å². The molecule has 6 heteroatoms. The Bertz CT molecular complexity index is 192. The summed E-state index contributed by atoms with van der Waals surface area (Å²) < 4.78 is 39.0. The van der Waals surface area contributed by atoms with E-state index in [9.17, 15) is 8.42 Å². The maximum atomic E-state index is 10.4. The average Bonchev–Trinajstić information content (AvgIpc) is 1.84. The van der Waals surface area contributed by atoms with Gasteiger partial charge in [-0.15, -0.1) is 0 Å². The van der Waals surface area contributed by atoms with E-state index in [0.717, 1.165) is 0 Å². The van der Waals surface area contributed by atoms with Gasteiger partial charge in [-0.25, -0.2) is 0 Å². The molecular weight excluding hydrogens is 184 g/mol. The van der Waals surface area contributed by atoms with Crippen molar-refractivity contribution in [3.8, 4) is 0 Å². The van der Waals surface area contributed by atoms with E-state index in [-0.39, 0.29) is 0 Å². The second-order valence-corrected chi connectivity index (χ2v) is 3.59. The molecule has 5 nitrogen and oxygen atoms in total. The normalized spacial score (nSPS) is 12.3.